The molecular formula is C12H21N3O2. The Morgan fingerprint density at radius 1 is 1.29 bits per heavy atom. The topological polar surface area (TPSA) is 66.6 Å². The Balaban J connectivity index is 1.76. The fourth-order valence-electron chi connectivity index (χ4n) is 2.61. The van der Waals surface area contributed by atoms with Gasteiger partial charge in [-0.25, -0.2) is 0 Å². The van der Waals surface area contributed by atoms with Crippen molar-refractivity contribution < 1.29 is 9.59 Å². The summed E-state index contributed by atoms with van der Waals surface area (Å²) in [6.07, 6.45) is 1.90. The fraction of sp³-hybridized carbons (Fsp3) is 0.833. The minimum absolute atomic E-state index is 0.0158. The van der Waals surface area contributed by atoms with Gasteiger partial charge < -0.3 is 10.6 Å². The van der Waals surface area contributed by atoms with E-state index in [1.807, 2.05) is 6.92 Å². The highest BCUT2D eigenvalue weighted by Crippen LogP contribution is 2.19. The number of nitrogens with two attached hydrogens (primary N) is 1. The van der Waals surface area contributed by atoms with Gasteiger partial charge in [-0.2, -0.15) is 0 Å². The Labute approximate surface area is 102 Å². The van der Waals surface area contributed by atoms with Gasteiger partial charge in [-0.1, -0.05) is 0 Å². The monoisotopic (exact) mass is 239 g/mol. The molecular weight excluding hydrogens is 218 g/mol. The van der Waals surface area contributed by atoms with E-state index < -0.39 is 0 Å². The van der Waals surface area contributed by atoms with E-state index in [0.29, 0.717) is 25.3 Å². The van der Waals surface area contributed by atoms with E-state index in [-0.39, 0.29) is 17.9 Å². The predicted molar refractivity (Wildman–Crippen MR) is 64.2 cm³/mol. The Morgan fingerprint density at radius 2 is 1.94 bits per heavy atom. The third-order valence-corrected chi connectivity index (χ3v) is 3.85. The molecule has 0 saturated carbocycles. The molecule has 96 valence electrons. The van der Waals surface area contributed by atoms with Crippen LogP contribution in [0.5, 0.6) is 0 Å². The Hall–Kier alpha value is -0.940. The zero-order valence-corrected chi connectivity index (χ0v) is 10.4. The van der Waals surface area contributed by atoms with E-state index in [4.69, 9.17) is 5.73 Å². The standard InChI is InChI=1S/C12H21N3O2/c1-9(13)10-4-5-14(8-10)6-7-15-11(16)2-3-12(15)17/h9-10H,2-8,13H2,1H3. The molecule has 0 aromatic carbocycles. The number of hydrogen-bond donors (Lipinski definition) is 1. The average Bonchev–Trinajstić information content (AvgIpc) is 2.85. The lowest BCUT2D eigenvalue weighted by atomic mass is 10.0. The molecule has 2 saturated heterocycles. The van der Waals surface area contributed by atoms with Crippen LogP contribution >= 0.6 is 0 Å². The smallest absolute Gasteiger partial charge is 0.229 e. The van der Waals surface area contributed by atoms with E-state index in [1.54, 1.807) is 0 Å². The van der Waals surface area contributed by atoms with Crippen LogP contribution < -0.4 is 5.73 Å². The molecule has 2 heterocycles. The lowest BCUT2D eigenvalue weighted by molar-refractivity contribution is -0.138. The van der Waals surface area contributed by atoms with E-state index in [2.05, 4.69) is 4.90 Å². The Bertz CT molecular complexity index is 301. The molecule has 0 spiro atoms. The number of imide groups is 1. The zero-order chi connectivity index (χ0) is 12.4. The molecule has 2 unspecified atom stereocenters. The Morgan fingerprint density at radius 3 is 2.47 bits per heavy atom. The molecule has 17 heavy (non-hydrogen) atoms. The van der Waals surface area contributed by atoms with Gasteiger partial charge in [-0.15, -0.1) is 0 Å². The van der Waals surface area contributed by atoms with Crippen LogP contribution in [-0.2, 0) is 9.59 Å². The molecule has 0 radical (unpaired) electrons. The molecule has 0 aromatic heterocycles. The summed E-state index contributed by atoms with van der Waals surface area (Å²) in [5.74, 6) is 0.524. The van der Waals surface area contributed by atoms with Gasteiger partial charge in [0.15, 0.2) is 0 Å². The van der Waals surface area contributed by atoms with Crippen LogP contribution in [0, 0.1) is 5.92 Å². The average molecular weight is 239 g/mol. The lowest BCUT2D eigenvalue weighted by Crippen LogP contribution is -2.38. The summed E-state index contributed by atoms with van der Waals surface area (Å²) in [6, 6.07) is 0.232. The first-order valence-electron chi connectivity index (χ1n) is 6.39. The van der Waals surface area contributed by atoms with Crippen molar-refractivity contribution in [3.05, 3.63) is 0 Å². The van der Waals surface area contributed by atoms with Crippen molar-refractivity contribution >= 4 is 11.8 Å². The third kappa shape index (κ3) is 2.84. The maximum Gasteiger partial charge on any atom is 0.229 e. The van der Waals surface area contributed by atoms with Gasteiger partial charge in [-0.05, 0) is 25.8 Å². The molecule has 2 amide bonds. The van der Waals surface area contributed by atoms with Crippen molar-refractivity contribution in [2.45, 2.75) is 32.2 Å². The molecule has 2 fully saturated rings. The van der Waals surface area contributed by atoms with Crippen molar-refractivity contribution in [1.82, 2.24) is 9.80 Å². The number of amides is 2. The van der Waals surface area contributed by atoms with Gasteiger partial charge in [-0.3, -0.25) is 14.5 Å². The lowest BCUT2D eigenvalue weighted by Gasteiger charge is -2.21. The Kier molecular flexibility index (Phi) is 3.79. The first kappa shape index (κ1) is 12.5. The quantitative estimate of drug-likeness (QED) is 0.690. The van der Waals surface area contributed by atoms with E-state index in [1.165, 1.54) is 4.90 Å². The maximum absolute atomic E-state index is 11.4. The molecule has 2 N–H and O–H groups in total. The molecule has 0 bridgehead atoms. The number of carbonyl (C=O) groups is 2. The summed E-state index contributed by atoms with van der Waals surface area (Å²) in [5.41, 5.74) is 5.88. The molecule has 2 aliphatic rings. The van der Waals surface area contributed by atoms with Gasteiger partial charge in [0.25, 0.3) is 0 Å². The summed E-state index contributed by atoms with van der Waals surface area (Å²) in [6.45, 7) is 5.40. The second-order valence-corrected chi connectivity index (χ2v) is 5.15. The first-order chi connectivity index (χ1) is 8.08. The van der Waals surface area contributed by atoms with Crippen LogP contribution in [-0.4, -0.2) is 53.8 Å². The number of nitrogens with zero attached hydrogens (tertiary/aromatic N) is 2. The van der Waals surface area contributed by atoms with E-state index >= 15 is 0 Å². The van der Waals surface area contributed by atoms with Crippen LogP contribution in [0.4, 0.5) is 0 Å². The number of rotatable bonds is 4. The van der Waals surface area contributed by atoms with Crippen molar-refractivity contribution in [3.63, 3.8) is 0 Å². The molecule has 0 aliphatic carbocycles. The second-order valence-electron chi connectivity index (χ2n) is 5.15. The van der Waals surface area contributed by atoms with Gasteiger partial charge >= 0.3 is 0 Å². The summed E-state index contributed by atoms with van der Waals surface area (Å²) >= 11 is 0. The summed E-state index contributed by atoms with van der Waals surface area (Å²) in [7, 11) is 0. The summed E-state index contributed by atoms with van der Waals surface area (Å²) < 4.78 is 0. The summed E-state index contributed by atoms with van der Waals surface area (Å²) in [4.78, 5) is 26.6. The van der Waals surface area contributed by atoms with E-state index in [9.17, 15) is 9.59 Å². The molecule has 5 nitrogen and oxygen atoms in total. The predicted octanol–water partition coefficient (Wildman–Crippen LogP) is -0.195. The van der Waals surface area contributed by atoms with Gasteiger partial charge in [0.1, 0.15) is 0 Å². The largest absolute Gasteiger partial charge is 0.328 e. The highest BCUT2D eigenvalue weighted by molar-refractivity contribution is 6.01. The fourth-order valence-corrected chi connectivity index (χ4v) is 2.61. The van der Waals surface area contributed by atoms with Gasteiger partial charge in [0.05, 0.1) is 0 Å². The van der Waals surface area contributed by atoms with Crippen molar-refractivity contribution in [2.75, 3.05) is 26.2 Å². The minimum Gasteiger partial charge on any atom is -0.328 e. The molecule has 2 aliphatic heterocycles. The highest BCUT2D eigenvalue weighted by atomic mass is 16.2. The molecule has 2 rings (SSSR count). The maximum atomic E-state index is 11.4. The normalized spacial score (nSPS) is 28.1. The number of likely N-dealkylation sites (tertiary alicyclic amines) is 2. The van der Waals surface area contributed by atoms with Crippen LogP contribution in [0.15, 0.2) is 0 Å². The van der Waals surface area contributed by atoms with E-state index in [0.717, 1.165) is 26.1 Å². The second kappa shape index (κ2) is 5.14. The van der Waals surface area contributed by atoms with Crippen molar-refractivity contribution in [1.29, 1.82) is 0 Å². The minimum atomic E-state index is -0.0158. The third-order valence-electron chi connectivity index (χ3n) is 3.85. The van der Waals surface area contributed by atoms with Crippen LogP contribution in [0.1, 0.15) is 26.2 Å². The zero-order valence-electron chi connectivity index (χ0n) is 10.4. The number of carbonyl (C=O) groups excluding carboxylic acids is 2. The van der Waals surface area contributed by atoms with Crippen LogP contribution in [0.25, 0.3) is 0 Å². The van der Waals surface area contributed by atoms with Crippen LogP contribution in [0.3, 0.4) is 0 Å². The van der Waals surface area contributed by atoms with Crippen molar-refractivity contribution in [3.8, 4) is 0 Å². The SMILES string of the molecule is CC(N)C1CCN(CCN2C(=O)CCC2=O)C1. The summed E-state index contributed by atoms with van der Waals surface area (Å²) in [5, 5.41) is 0. The molecule has 0 aromatic rings. The highest BCUT2D eigenvalue weighted by Gasteiger charge is 2.30. The van der Waals surface area contributed by atoms with Gasteiger partial charge in [0, 0.05) is 38.5 Å². The van der Waals surface area contributed by atoms with Crippen LogP contribution in [0.2, 0.25) is 0 Å². The molecule has 2 atom stereocenters. The van der Waals surface area contributed by atoms with Gasteiger partial charge in [0.2, 0.25) is 11.8 Å². The van der Waals surface area contributed by atoms with Crippen molar-refractivity contribution in [2.24, 2.45) is 11.7 Å². The first-order valence-corrected chi connectivity index (χ1v) is 6.39. The molecule has 5 heteroatoms. The number of hydrogen-bond acceptors (Lipinski definition) is 4.